The van der Waals surface area contributed by atoms with E-state index in [4.69, 9.17) is 11.5 Å². The Bertz CT molecular complexity index is 1190. The lowest BCUT2D eigenvalue weighted by Crippen LogP contribution is -2.12. The van der Waals surface area contributed by atoms with Gasteiger partial charge in [-0.2, -0.15) is 0 Å². The number of rotatable bonds is 0. The van der Waals surface area contributed by atoms with Crippen LogP contribution in [0.1, 0.15) is 15.9 Å². The number of carbonyl (C=O) groups is 1. The van der Waals surface area contributed by atoms with Gasteiger partial charge < -0.3 is 11.5 Å². The molecule has 4 heteroatoms. The van der Waals surface area contributed by atoms with Crippen molar-refractivity contribution in [3.8, 4) is 11.1 Å². The minimum atomic E-state index is -0.0156. The van der Waals surface area contributed by atoms with Crippen molar-refractivity contribution in [2.24, 2.45) is 0 Å². The van der Waals surface area contributed by atoms with E-state index in [1.54, 1.807) is 12.3 Å². The van der Waals surface area contributed by atoms with Gasteiger partial charge in [-0.25, -0.2) is 0 Å². The van der Waals surface area contributed by atoms with E-state index in [1.807, 2.05) is 42.5 Å². The number of nitrogens with two attached hydrogens (primary N) is 2. The van der Waals surface area contributed by atoms with Gasteiger partial charge in [-0.3, -0.25) is 9.78 Å². The second-order valence-electron chi connectivity index (χ2n) is 6.12. The Morgan fingerprint density at radius 2 is 1.58 bits per heavy atom. The van der Waals surface area contributed by atoms with Crippen LogP contribution < -0.4 is 11.5 Å². The Morgan fingerprint density at radius 1 is 0.833 bits per heavy atom. The summed E-state index contributed by atoms with van der Waals surface area (Å²) in [5.41, 5.74) is 17.3. The first-order valence-electron chi connectivity index (χ1n) is 7.69. The van der Waals surface area contributed by atoms with Crippen molar-refractivity contribution in [2.45, 2.75) is 0 Å². The van der Waals surface area contributed by atoms with Crippen molar-refractivity contribution < 1.29 is 4.79 Å². The zero-order valence-corrected chi connectivity index (χ0v) is 12.7. The van der Waals surface area contributed by atoms with Gasteiger partial charge in [0.1, 0.15) is 0 Å². The molecule has 0 spiro atoms. The Hall–Kier alpha value is -3.40. The van der Waals surface area contributed by atoms with Crippen LogP contribution in [-0.4, -0.2) is 10.8 Å². The maximum Gasteiger partial charge on any atom is 0.195 e. The highest BCUT2D eigenvalue weighted by Crippen LogP contribution is 2.43. The molecule has 0 unspecified atom stereocenters. The van der Waals surface area contributed by atoms with Crippen LogP contribution in [0.3, 0.4) is 0 Å². The number of fused-ring (bicyclic) bond motifs is 4. The van der Waals surface area contributed by atoms with Crippen molar-refractivity contribution in [1.82, 2.24) is 4.98 Å². The molecule has 5 rings (SSSR count). The van der Waals surface area contributed by atoms with Gasteiger partial charge >= 0.3 is 0 Å². The van der Waals surface area contributed by atoms with Crippen LogP contribution >= 0.6 is 0 Å². The molecular weight excluding hydrogens is 298 g/mol. The van der Waals surface area contributed by atoms with Gasteiger partial charge in [0.2, 0.25) is 0 Å². The summed E-state index contributed by atoms with van der Waals surface area (Å²) in [4.78, 5) is 17.6. The number of anilines is 2. The zero-order chi connectivity index (χ0) is 16.4. The summed E-state index contributed by atoms with van der Waals surface area (Å²) >= 11 is 0. The molecule has 1 aromatic heterocycles. The molecule has 0 fully saturated rings. The maximum atomic E-state index is 13.2. The third-order valence-corrected chi connectivity index (χ3v) is 4.64. The van der Waals surface area contributed by atoms with Crippen LogP contribution in [0.5, 0.6) is 0 Å². The lowest BCUT2D eigenvalue weighted by atomic mass is 9.81. The number of hydrogen-bond donors (Lipinski definition) is 2. The molecular formula is C20H13N3O. The van der Waals surface area contributed by atoms with Gasteiger partial charge in [-0.1, -0.05) is 12.1 Å². The second kappa shape index (κ2) is 4.32. The highest BCUT2D eigenvalue weighted by molar-refractivity contribution is 6.30. The number of ketones is 1. The first kappa shape index (κ1) is 13.1. The van der Waals surface area contributed by atoms with Crippen LogP contribution in [0.2, 0.25) is 0 Å². The molecule has 0 saturated carbocycles. The zero-order valence-electron chi connectivity index (χ0n) is 12.7. The molecule has 3 aromatic carbocycles. The molecule has 1 aliphatic carbocycles. The minimum absolute atomic E-state index is 0.0156. The molecule has 4 nitrogen and oxygen atoms in total. The van der Waals surface area contributed by atoms with Crippen LogP contribution in [0, 0.1) is 0 Å². The van der Waals surface area contributed by atoms with E-state index in [-0.39, 0.29) is 5.78 Å². The van der Waals surface area contributed by atoms with Gasteiger partial charge in [-0.15, -0.1) is 0 Å². The smallest absolute Gasteiger partial charge is 0.195 e. The molecule has 0 atom stereocenters. The van der Waals surface area contributed by atoms with E-state index in [0.717, 1.165) is 32.8 Å². The summed E-state index contributed by atoms with van der Waals surface area (Å²) in [6.07, 6.45) is 1.73. The summed E-state index contributed by atoms with van der Waals surface area (Å²) in [5.74, 6) is -0.0156. The summed E-state index contributed by atoms with van der Waals surface area (Å²) in [6, 6.07) is 15.1. The molecule has 24 heavy (non-hydrogen) atoms. The largest absolute Gasteiger partial charge is 0.399 e. The van der Waals surface area contributed by atoms with E-state index in [9.17, 15) is 4.79 Å². The second-order valence-corrected chi connectivity index (χ2v) is 6.12. The van der Waals surface area contributed by atoms with Crippen molar-refractivity contribution in [1.29, 1.82) is 0 Å². The average Bonchev–Trinajstić information content (AvgIpc) is 2.57. The molecule has 1 aliphatic rings. The van der Waals surface area contributed by atoms with Gasteiger partial charge in [-0.05, 0) is 52.9 Å². The molecule has 0 aliphatic heterocycles. The van der Waals surface area contributed by atoms with Crippen LogP contribution in [-0.2, 0) is 0 Å². The van der Waals surface area contributed by atoms with E-state index >= 15 is 0 Å². The van der Waals surface area contributed by atoms with Gasteiger partial charge in [0.25, 0.3) is 0 Å². The fourth-order valence-electron chi connectivity index (χ4n) is 3.71. The lowest BCUT2D eigenvalue weighted by Gasteiger charge is -2.22. The summed E-state index contributed by atoms with van der Waals surface area (Å²) < 4.78 is 0. The average molecular weight is 311 g/mol. The SMILES string of the molecule is Nc1cc2c3c(cc(N)cc3c1)-c1ccc3ncccc3c1C2=O. The van der Waals surface area contributed by atoms with Crippen molar-refractivity contribution in [3.63, 3.8) is 0 Å². The topological polar surface area (TPSA) is 82.0 Å². The van der Waals surface area contributed by atoms with Crippen LogP contribution in [0.25, 0.3) is 32.8 Å². The Morgan fingerprint density at radius 3 is 2.38 bits per heavy atom. The normalized spacial score (nSPS) is 12.6. The highest BCUT2D eigenvalue weighted by atomic mass is 16.1. The standard InChI is InChI=1S/C20H13N3O/c21-11-6-10-7-12(22)9-16-18(10)15(8-11)13-3-4-17-14(2-1-5-23-17)19(13)20(16)24/h1-9H,21-22H2. The molecule has 114 valence electrons. The van der Waals surface area contributed by atoms with Crippen LogP contribution in [0.4, 0.5) is 11.4 Å². The van der Waals surface area contributed by atoms with Crippen molar-refractivity contribution in [2.75, 3.05) is 11.5 Å². The van der Waals surface area contributed by atoms with Crippen molar-refractivity contribution >= 4 is 38.8 Å². The number of nitrogens with zero attached hydrogens (tertiary/aromatic N) is 1. The minimum Gasteiger partial charge on any atom is -0.399 e. The quantitative estimate of drug-likeness (QED) is 0.427. The van der Waals surface area contributed by atoms with Gasteiger partial charge in [0.05, 0.1) is 5.52 Å². The van der Waals surface area contributed by atoms with E-state index in [0.29, 0.717) is 22.5 Å². The molecule has 4 aromatic rings. The molecule has 0 radical (unpaired) electrons. The predicted octanol–water partition coefficient (Wildman–Crippen LogP) is 3.76. The van der Waals surface area contributed by atoms with E-state index in [2.05, 4.69) is 4.98 Å². The van der Waals surface area contributed by atoms with Gasteiger partial charge in [0.15, 0.2) is 5.78 Å². The third-order valence-electron chi connectivity index (χ3n) is 4.64. The number of nitrogen functional groups attached to an aromatic ring is 2. The van der Waals surface area contributed by atoms with Crippen molar-refractivity contribution in [3.05, 3.63) is 65.9 Å². The Balaban J connectivity index is 2.04. The van der Waals surface area contributed by atoms with Crippen LogP contribution in [0.15, 0.2) is 54.7 Å². The predicted molar refractivity (Wildman–Crippen MR) is 96.9 cm³/mol. The Labute approximate surface area is 137 Å². The summed E-state index contributed by atoms with van der Waals surface area (Å²) in [6.45, 7) is 0. The summed E-state index contributed by atoms with van der Waals surface area (Å²) in [5, 5.41) is 2.66. The first-order valence-corrected chi connectivity index (χ1v) is 7.69. The monoisotopic (exact) mass is 311 g/mol. The number of aromatic nitrogens is 1. The Kier molecular flexibility index (Phi) is 2.36. The maximum absolute atomic E-state index is 13.2. The number of benzene rings is 3. The molecule has 0 amide bonds. The fourth-order valence-corrected chi connectivity index (χ4v) is 3.71. The van der Waals surface area contributed by atoms with E-state index < -0.39 is 0 Å². The lowest BCUT2D eigenvalue weighted by molar-refractivity contribution is 0.104. The fraction of sp³-hybridized carbons (Fsp3) is 0. The summed E-state index contributed by atoms with van der Waals surface area (Å²) in [7, 11) is 0. The van der Waals surface area contributed by atoms with E-state index in [1.165, 1.54) is 0 Å². The number of carbonyl (C=O) groups excluding carboxylic acids is 1. The van der Waals surface area contributed by atoms with Gasteiger partial charge in [0, 0.05) is 39.5 Å². The highest BCUT2D eigenvalue weighted by Gasteiger charge is 2.27. The number of hydrogen-bond acceptors (Lipinski definition) is 4. The molecule has 0 saturated heterocycles. The molecule has 4 N–H and O–H groups in total. The first-order chi connectivity index (χ1) is 11.6. The number of pyridine rings is 1. The third kappa shape index (κ3) is 1.57. The molecule has 1 heterocycles. The molecule has 0 bridgehead atoms.